The molecule has 0 atom stereocenters. The summed E-state index contributed by atoms with van der Waals surface area (Å²) in [5.41, 5.74) is 0.446. The summed E-state index contributed by atoms with van der Waals surface area (Å²) in [5.74, 6) is 1.50. The van der Waals surface area contributed by atoms with Crippen LogP contribution in [0.1, 0.15) is 36.4 Å². The average molecular weight is 352 g/mol. The van der Waals surface area contributed by atoms with Crippen molar-refractivity contribution in [2.24, 2.45) is 0 Å². The Labute approximate surface area is 147 Å². The van der Waals surface area contributed by atoms with Gasteiger partial charge in [-0.05, 0) is 37.6 Å². The van der Waals surface area contributed by atoms with Crippen LogP contribution in [0.5, 0.6) is 11.5 Å². The molecule has 2 aromatic rings. The lowest BCUT2D eigenvalue weighted by Gasteiger charge is -2.18. The van der Waals surface area contributed by atoms with Gasteiger partial charge in [-0.3, -0.25) is 4.79 Å². The molecule has 0 aliphatic heterocycles. The summed E-state index contributed by atoms with van der Waals surface area (Å²) >= 11 is 6.30. The van der Waals surface area contributed by atoms with Gasteiger partial charge >= 0.3 is 0 Å². The van der Waals surface area contributed by atoms with Crippen molar-refractivity contribution in [3.8, 4) is 11.5 Å². The van der Waals surface area contributed by atoms with E-state index in [0.29, 0.717) is 47.6 Å². The molecule has 0 radical (unpaired) electrons. The van der Waals surface area contributed by atoms with Gasteiger partial charge in [0.05, 0.1) is 31.0 Å². The first-order valence-corrected chi connectivity index (χ1v) is 8.31. The minimum absolute atomic E-state index is 0.170. The van der Waals surface area contributed by atoms with Gasteiger partial charge in [0.1, 0.15) is 5.76 Å². The number of halogens is 1. The van der Waals surface area contributed by atoms with E-state index in [1.807, 2.05) is 19.9 Å². The zero-order valence-corrected chi connectivity index (χ0v) is 14.9. The summed E-state index contributed by atoms with van der Waals surface area (Å²) in [6.45, 7) is 5.25. The fourth-order valence-corrected chi connectivity index (χ4v) is 2.49. The number of hydrogen-bond donors (Lipinski definition) is 0. The van der Waals surface area contributed by atoms with Crippen LogP contribution >= 0.6 is 11.6 Å². The van der Waals surface area contributed by atoms with Crippen molar-refractivity contribution in [3.05, 3.63) is 46.9 Å². The van der Waals surface area contributed by atoms with Crippen LogP contribution in [0.15, 0.2) is 34.9 Å². The summed E-state index contributed by atoms with van der Waals surface area (Å²) in [5, 5.41) is 0.365. The Balaban J connectivity index is 2.23. The first-order chi connectivity index (χ1) is 11.6. The third-order valence-electron chi connectivity index (χ3n) is 3.33. The molecule has 0 aliphatic carbocycles. The Morgan fingerprint density at radius 2 is 2.08 bits per heavy atom. The highest BCUT2D eigenvalue weighted by Gasteiger charge is 2.19. The third-order valence-corrected chi connectivity index (χ3v) is 3.61. The second kappa shape index (κ2) is 8.64. The molecule has 0 saturated heterocycles. The normalized spacial score (nSPS) is 10.5. The highest BCUT2D eigenvalue weighted by atomic mass is 35.5. The van der Waals surface area contributed by atoms with Gasteiger partial charge in [-0.15, -0.1) is 0 Å². The Morgan fingerprint density at radius 1 is 1.29 bits per heavy atom. The zero-order valence-electron chi connectivity index (χ0n) is 14.2. The third kappa shape index (κ3) is 4.45. The summed E-state index contributed by atoms with van der Waals surface area (Å²) in [4.78, 5) is 14.2. The molecule has 0 saturated carbocycles. The number of benzene rings is 1. The fraction of sp³-hybridized carbons (Fsp3) is 0.389. The van der Waals surface area contributed by atoms with Crippen molar-refractivity contribution in [1.29, 1.82) is 0 Å². The number of rotatable bonds is 8. The summed E-state index contributed by atoms with van der Waals surface area (Å²) < 4.78 is 16.5. The molecule has 0 unspecified atom stereocenters. The topological polar surface area (TPSA) is 51.9 Å². The maximum atomic E-state index is 12.6. The monoisotopic (exact) mass is 351 g/mol. The molecular weight excluding hydrogens is 330 g/mol. The van der Waals surface area contributed by atoms with Crippen molar-refractivity contribution in [2.75, 3.05) is 20.3 Å². The van der Waals surface area contributed by atoms with E-state index in [4.69, 9.17) is 25.5 Å². The van der Waals surface area contributed by atoms with E-state index >= 15 is 0 Å². The van der Waals surface area contributed by atoms with E-state index < -0.39 is 0 Å². The van der Waals surface area contributed by atoms with Crippen molar-refractivity contribution >= 4 is 17.5 Å². The largest absolute Gasteiger partial charge is 0.490 e. The number of hydrogen-bond acceptors (Lipinski definition) is 4. The lowest BCUT2D eigenvalue weighted by Crippen LogP contribution is -2.26. The number of nitrogens with zero attached hydrogens (tertiary/aromatic N) is 1. The molecule has 0 fully saturated rings. The number of carbonyl (C=O) groups excluding carboxylic acids is 1. The van der Waals surface area contributed by atoms with E-state index in [0.717, 1.165) is 6.42 Å². The molecule has 2 rings (SSSR count). The molecule has 1 heterocycles. The van der Waals surface area contributed by atoms with Gasteiger partial charge < -0.3 is 18.8 Å². The molecule has 1 aromatic heterocycles. The van der Waals surface area contributed by atoms with Gasteiger partial charge in [-0.25, -0.2) is 0 Å². The van der Waals surface area contributed by atoms with Crippen LogP contribution in [0.25, 0.3) is 0 Å². The van der Waals surface area contributed by atoms with E-state index in [9.17, 15) is 4.79 Å². The van der Waals surface area contributed by atoms with Crippen LogP contribution in [0.4, 0.5) is 0 Å². The zero-order chi connectivity index (χ0) is 17.5. The molecule has 130 valence electrons. The SMILES string of the molecule is CCCOc1c(Cl)cc(C(=O)N(C)Cc2ccco2)cc1OCC. The van der Waals surface area contributed by atoms with Crippen LogP contribution in [0, 0.1) is 0 Å². The first kappa shape index (κ1) is 18.2. The van der Waals surface area contributed by atoms with Crippen LogP contribution in [0.2, 0.25) is 5.02 Å². The molecule has 1 amide bonds. The van der Waals surface area contributed by atoms with Crippen molar-refractivity contribution in [1.82, 2.24) is 4.90 Å². The molecular formula is C18H22ClNO4. The summed E-state index contributed by atoms with van der Waals surface area (Å²) in [6.07, 6.45) is 2.44. The number of ether oxygens (including phenoxy) is 2. The second-order valence-corrected chi connectivity index (χ2v) is 5.71. The van der Waals surface area contributed by atoms with Gasteiger partial charge in [0.25, 0.3) is 5.91 Å². The van der Waals surface area contributed by atoms with Crippen LogP contribution in [0.3, 0.4) is 0 Å². The predicted octanol–water partition coefficient (Wildman–Crippen LogP) is 4.39. The summed E-state index contributed by atoms with van der Waals surface area (Å²) in [6, 6.07) is 6.89. The molecule has 1 aromatic carbocycles. The maximum Gasteiger partial charge on any atom is 0.254 e. The molecule has 0 aliphatic rings. The summed E-state index contributed by atoms with van der Waals surface area (Å²) in [7, 11) is 1.71. The quantitative estimate of drug-likeness (QED) is 0.707. The van der Waals surface area contributed by atoms with Crippen LogP contribution < -0.4 is 9.47 Å². The Bertz CT molecular complexity index is 670. The average Bonchev–Trinajstić information content (AvgIpc) is 3.06. The highest BCUT2D eigenvalue weighted by molar-refractivity contribution is 6.32. The predicted molar refractivity (Wildman–Crippen MR) is 92.9 cm³/mol. The van der Waals surface area contributed by atoms with Crippen molar-refractivity contribution in [2.45, 2.75) is 26.8 Å². The van der Waals surface area contributed by atoms with E-state index in [-0.39, 0.29) is 5.91 Å². The smallest absolute Gasteiger partial charge is 0.254 e. The highest BCUT2D eigenvalue weighted by Crippen LogP contribution is 2.37. The van der Waals surface area contributed by atoms with Crippen LogP contribution in [-0.4, -0.2) is 31.1 Å². The van der Waals surface area contributed by atoms with Gasteiger partial charge in [0, 0.05) is 12.6 Å². The fourth-order valence-electron chi connectivity index (χ4n) is 2.23. The van der Waals surface area contributed by atoms with E-state index in [1.54, 1.807) is 36.4 Å². The standard InChI is InChI=1S/C18H22ClNO4/c1-4-8-24-17-15(19)10-13(11-16(17)22-5-2)18(21)20(3)12-14-7-6-9-23-14/h6-7,9-11H,4-5,8,12H2,1-3H3. The van der Waals surface area contributed by atoms with Crippen molar-refractivity contribution < 1.29 is 18.7 Å². The van der Waals surface area contributed by atoms with Gasteiger partial charge in [-0.2, -0.15) is 0 Å². The molecule has 24 heavy (non-hydrogen) atoms. The second-order valence-electron chi connectivity index (χ2n) is 5.31. The van der Waals surface area contributed by atoms with Gasteiger partial charge in [0.2, 0.25) is 0 Å². The van der Waals surface area contributed by atoms with Crippen LogP contribution in [-0.2, 0) is 6.54 Å². The Kier molecular flexibility index (Phi) is 6.55. The van der Waals surface area contributed by atoms with E-state index in [2.05, 4.69) is 0 Å². The lowest BCUT2D eigenvalue weighted by molar-refractivity contribution is 0.0775. The molecule has 6 heteroatoms. The Morgan fingerprint density at radius 3 is 2.71 bits per heavy atom. The molecule has 0 bridgehead atoms. The molecule has 0 spiro atoms. The maximum absolute atomic E-state index is 12.6. The van der Waals surface area contributed by atoms with Crippen molar-refractivity contribution in [3.63, 3.8) is 0 Å². The van der Waals surface area contributed by atoms with Gasteiger partial charge in [0.15, 0.2) is 11.5 Å². The number of carbonyl (C=O) groups is 1. The van der Waals surface area contributed by atoms with E-state index in [1.165, 1.54) is 0 Å². The minimum Gasteiger partial charge on any atom is -0.490 e. The minimum atomic E-state index is -0.170. The van der Waals surface area contributed by atoms with Gasteiger partial charge in [-0.1, -0.05) is 18.5 Å². The first-order valence-electron chi connectivity index (χ1n) is 7.93. The Hall–Kier alpha value is -2.14. The lowest BCUT2D eigenvalue weighted by atomic mass is 10.1. The molecule has 5 nitrogen and oxygen atoms in total. The number of furan rings is 1. The molecule has 0 N–H and O–H groups in total. The number of amides is 1.